The summed E-state index contributed by atoms with van der Waals surface area (Å²) >= 11 is 0. The molecule has 0 amide bonds. The number of nitrogens with one attached hydrogen (secondary N) is 1. The molecule has 1 rings (SSSR count). The average Bonchev–Trinajstić information content (AvgIpc) is 2.72. The van der Waals surface area contributed by atoms with Gasteiger partial charge in [-0.2, -0.15) is 0 Å². The fraction of sp³-hybridized carbons (Fsp3) is 0.654. The molecule has 1 aromatic rings. The molecule has 31 heavy (non-hydrogen) atoms. The maximum Gasteiger partial charge on any atom is 0.155 e. The first-order valence-electron chi connectivity index (χ1n) is 11.7. The van der Waals surface area contributed by atoms with Crippen LogP contribution in [0, 0.1) is 18.7 Å². The van der Waals surface area contributed by atoms with Crippen molar-refractivity contribution >= 4 is 23.0 Å². The molecule has 1 aromatic carbocycles. The number of hydrogen-bond acceptors (Lipinski definition) is 4. The van der Waals surface area contributed by atoms with E-state index >= 15 is 0 Å². The lowest BCUT2D eigenvalue weighted by Gasteiger charge is -2.18. The molecule has 0 aliphatic rings. The molecule has 0 aromatic heterocycles. The van der Waals surface area contributed by atoms with E-state index in [2.05, 4.69) is 26.1 Å². The summed E-state index contributed by atoms with van der Waals surface area (Å²) in [5.74, 6) is 0.970. The Bertz CT molecular complexity index is 687. The van der Waals surface area contributed by atoms with Crippen LogP contribution in [-0.4, -0.2) is 23.4 Å². The van der Waals surface area contributed by atoms with Crippen molar-refractivity contribution in [1.29, 1.82) is 0 Å². The van der Waals surface area contributed by atoms with Gasteiger partial charge in [-0.15, -0.1) is 0 Å². The second-order valence-corrected chi connectivity index (χ2v) is 8.46. The molecule has 5 heteroatoms. The largest absolute Gasteiger partial charge is 0.375 e. The van der Waals surface area contributed by atoms with Crippen LogP contribution in [0.15, 0.2) is 18.2 Å². The van der Waals surface area contributed by atoms with Gasteiger partial charge in [-0.25, -0.2) is 4.39 Å². The van der Waals surface area contributed by atoms with Crippen LogP contribution in [-0.2, 0) is 14.4 Å². The summed E-state index contributed by atoms with van der Waals surface area (Å²) in [6.45, 7) is 11.6. The van der Waals surface area contributed by atoms with Crippen LogP contribution >= 0.6 is 0 Å². The van der Waals surface area contributed by atoms with Crippen molar-refractivity contribution in [2.45, 2.75) is 105 Å². The third kappa shape index (κ3) is 13.8. The molecule has 1 N–H and O–H groups in total. The van der Waals surface area contributed by atoms with Crippen LogP contribution in [0.4, 0.5) is 10.1 Å². The van der Waals surface area contributed by atoms with Gasteiger partial charge in [-0.3, -0.25) is 9.59 Å². The van der Waals surface area contributed by atoms with E-state index in [0.717, 1.165) is 38.0 Å². The Labute approximate surface area is 188 Å². The van der Waals surface area contributed by atoms with Gasteiger partial charge in [0.15, 0.2) is 5.78 Å². The van der Waals surface area contributed by atoms with Gasteiger partial charge in [0, 0.05) is 31.4 Å². The number of hydrogen-bond donors (Lipinski definition) is 1. The summed E-state index contributed by atoms with van der Waals surface area (Å²) in [4.78, 5) is 34.2. The van der Waals surface area contributed by atoms with Crippen molar-refractivity contribution in [2.24, 2.45) is 5.92 Å². The monoisotopic (exact) mass is 435 g/mol. The van der Waals surface area contributed by atoms with E-state index in [-0.39, 0.29) is 17.4 Å². The van der Waals surface area contributed by atoms with E-state index in [4.69, 9.17) is 0 Å². The van der Waals surface area contributed by atoms with E-state index in [1.165, 1.54) is 19.4 Å². The summed E-state index contributed by atoms with van der Waals surface area (Å²) in [7, 11) is 0. The number of Topliss-reactive ketones (excluding diaryl/α,β-unsaturated/α-hetero) is 3. The normalized spacial score (nSPS) is 12.4. The predicted octanol–water partition coefficient (Wildman–Crippen LogP) is 6.83. The van der Waals surface area contributed by atoms with Gasteiger partial charge < -0.3 is 10.1 Å². The fourth-order valence-corrected chi connectivity index (χ4v) is 2.98. The molecule has 0 heterocycles. The molecule has 1 unspecified atom stereocenters. The van der Waals surface area contributed by atoms with Crippen molar-refractivity contribution in [3.63, 3.8) is 0 Å². The first-order chi connectivity index (χ1) is 14.6. The van der Waals surface area contributed by atoms with Gasteiger partial charge in [0.25, 0.3) is 0 Å². The highest BCUT2D eigenvalue weighted by Crippen LogP contribution is 2.17. The summed E-state index contributed by atoms with van der Waals surface area (Å²) in [5.41, 5.74) is 1.14. The van der Waals surface area contributed by atoms with E-state index in [1.54, 1.807) is 19.1 Å². The maximum atomic E-state index is 13.5. The van der Waals surface area contributed by atoms with Crippen molar-refractivity contribution in [2.75, 3.05) is 5.32 Å². The van der Waals surface area contributed by atoms with Crippen molar-refractivity contribution in [3.8, 4) is 0 Å². The van der Waals surface area contributed by atoms with Gasteiger partial charge in [-0.1, -0.05) is 40.2 Å². The molecular weight excluding hydrogens is 393 g/mol. The molecule has 0 aliphatic heterocycles. The predicted molar refractivity (Wildman–Crippen MR) is 127 cm³/mol. The van der Waals surface area contributed by atoms with E-state index in [0.29, 0.717) is 36.3 Å². The van der Waals surface area contributed by atoms with Crippen molar-refractivity contribution in [3.05, 3.63) is 29.6 Å². The zero-order valence-electron chi connectivity index (χ0n) is 20.4. The Balaban J connectivity index is 0.000000695. The quantitative estimate of drug-likeness (QED) is 0.348. The first kappa shape index (κ1) is 29.0. The SMILES string of the molecule is CCCC(=O)C(CCC(C)=O)Nc1ccc(C)c(F)c1.CCCC(=O)CC[C@H](C)CC. The van der Waals surface area contributed by atoms with Gasteiger partial charge in [-0.05, 0) is 63.1 Å². The Kier molecular flexibility index (Phi) is 15.5. The van der Waals surface area contributed by atoms with Crippen LogP contribution in [0.5, 0.6) is 0 Å². The molecule has 2 atom stereocenters. The average molecular weight is 436 g/mol. The molecule has 176 valence electrons. The smallest absolute Gasteiger partial charge is 0.155 e. The molecule has 4 nitrogen and oxygen atoms in total. The minimum Gasteiger partial charge on any atom is -0.375 e. The van der Waals surface area contributed by atoms with Crippen molar-refractivity contribution in [1.82, 2.24) is 0 Å². The third-order valence-corrected chi connectivity index (χ3v) is 5.32. The van der Waals surface area contributed by atoms with E-state index in [9.17, 15) is 18.8 Å². The molecule has 0 radical (unpaired) electrons. The summed E-state index contributed by atoms with van der Waals surface area (Å²) in [6.07, 6.45) is 6.86. The Morgan fingerprint density at radius 2 is 1.61 bits per heavy atom. The second-order valence-electron chi connectivity index (χ2n) is 8.46. The van der Waals surface area contributed by atoms with Crippen LogP contribution in [0.1, 0.15) is 98.0 Å². The minimum absolute atomic E-state index is 0.0520. The fourth-order valence-electron chi connectivity index (χ4n) is 2.98. The first-order valence-corrected chi connectivity index (χ1v) is 11.7. The molecule has 0 saturated heterocycles. The number of anilines is 1. The number of ketones is 3. The third-order valence-electron chi connectivity index (χ3n) is 5.32. The van der Waals surface area contributed by atoms with E-state index < -0.39 is 6.04 Å². The lowest BCUT2D eigenvalue weighted by atomic mass is 10.00. The lowest BCUT2D eigenvalue weighted by molar-refractivity contribution is -0.121. The Hall–Kier alpha value is -2.04. The molecule has 0 spiro atoms. The van der Waals surface area contributed by atoms with Gasteiger partial charge >= 0.3 is 0 Å². The Morgan fingerprint density at radius 1 is 0.968 bits per heavy atom. The zero-order chi connectivity index (χ0) is 23.8. The highest BCUT2D eigenvalue weighted by Gasteiger charge is 2.18. The van der Waals surface area contributed by atoms with Crippen LogP contribution < -0.4 is 5.32 Å². The van der Waals surface area contributed by atoms with Crippen molar-refractivity contribution < 1.29 is 18.8 Å². The summed E-state index contributed by atoms with van der Waals surface area (Å²) < 4.78 is 13.5. The topological polar surface area (TPSA) is 63.2 Å². The van der Waals surface area contributed by atoms with Crippen LogP contribution in [0.25, 0.3) is 0 Å². The molecule has 0 aliphatic carbocycles. The van der Waals surface area contributed by atoms with Crippen LogP contribution in [0.2, 0.25) is 0 Å². The number of halogens is 1. The highest BCUT2D eigenvalue weighted by molar-refractivity contribution is 5.87. The number of rotatable bonds is 14. The standard InChI is InChI=1S/C16H22FNO2.C10H20O/c1-4-5-16(20)15(9-7-12(3)19)18-13-8-6-11(2)14(17)10-13;1-4-6-10(11)8-7-9(3)5-2/h6,8,10,15,18H,4-5,7,9H2,1-3H3;9H,4-8H2,1-3H3/t;9-/m.1/s1. The van der Waals surface area contributed by atoms with Gasteiger partial charge in [0.05, 0.1) is 6.04 Å². The van der Waals surface area contributed by atoms with Gasteiger partial charge in [0.2, 0.25) is 0 Å². The maximum absolute atomic E-state index is 13.5. The summed E-state index contributed by atoms with van der Waals surface area (Å²) in [5, 5.41) is 3.05. The zero-order valence-corrected chi connectivity index (χ0v) is 20.4. The number of aryl methyl sites for hydroxylation is 1. The molecule has 0 bridgehead atoms. The molecular formula is C26H42FNO3. The number of carbonyl (C=O) groups is 3. The lowest BCUT2D eigenvalue weighted by Crippen LogP contribution is -2.30. The number of benzene rings is 1. The van der Waals surface area contributed by atoms with Crippen LogP contribution in [0.3, 0.4) is 0 Å². The minimum atomic E-state index is -0.430. The molecule has 0 saturated carbocycles. The van der Waals surface area contributed by atoms with Gasteiger partial charge in [0.1, 0.15) is 17.4 Å². The Morgan fingerprint density at radius 3 is 2.13 bits per heavy atom. The second kappa shape index (κ2) is 16.6. The summed E-state index contributed by atoms with van der Waals surface area (Å²) in [6, 6.07) is 4.37. The van der Waals surface area contributed by atoms with E-state index in [1.807, 2.05) is 6.92 Å². The number of carbonyl (C=O) groups excluding carboxylic acids is 3. The molecule has 0 fully saturated rings. The highest BCUT2D eigenvalue weighted by atomic mass is 19.1.